The highest BCUT2D eigenvalue weighted by molar-refractivity contribution is 6.08. The van der Waals surface area contributed by atoms with Crippen LogP contribution in [0.3, 0.4) is 0 Å². The number of para-hydroxylation sites is 1. The molecule has 1 atom stereocenters. The number of aromatic nitrogens is 2. The first-order chi connectivity index (χ1) is 16.0. The Labute approximate surface area is 189 Å². The zero-order chi connectivity index (χ0) is 22.9. The molecule has 0 aliphatic carbocycles. The molecule has 5 nitrogen and oxygen atoms in total. The van der Waals surface area contributed by atoms with Crippen molar-refractivity contribution in [2.75, 3.05) is 13.1 Å². The second-order valence-electron chi connectivity index (χ2n) is 7.99. The van der Waals surface area contributed by atoms with Gasteiger partial charge in [0.25, 0.3) is 5.92 Å². The van der Waals surface area contributed by atoms with Gasteiger partial charge in [-0.25, -0.2) is 13.8 Å². The number of benzene rings is 2. The van der Waals surface area contributed by atoms with E-state index in [2.05, 4.69) is 15.3 Å². The fourth-order valence-corrected chi connectivity index (χ4v) is 4.17. The average molecular weight is 445 g/mol. The van der Waals surface area contributed by atoms with Crippen molar-refractivity contribution in [3.05, 3.63) is 90.6 Å². The second kappa shape index (κ2) is 8.33. The second-order valence-corrected chi connectivity index (χ2v) is 7.99. The Morgan fingerprint density at radius 3 is 2.55 bits per heavy atom. The van der Waals surface area contributed by atoms with Gasteiger partial charge in [0.1, 0.15) is 0 Å². The summed E-state index contributed by atoms with van der Waals surface area (Å²) in [6.45, 7) is -0.262. The molecule has 1 aliphatic heterocycles. The molecule has 3 heterocycles. The number of nitrogens with zero attached hydrogens (tertiary/aromatic N) is 2. The summed E-state index contributed by atoms with van der Waals surface area (Å²) in [6.07, 6.45) is 1.07. The third-order valence-corrected chi connectivity index (χ3v) is 5.91. The largest absolute Gasteiger partial charge is 0.455 e. The van der Waals surface area contributed by atoms with Crippen molar-refractivity contribution in [3.8, 4) is 17.1 Å². The zero-order valence-electron chi connectivity index (χ0n) is 17.7. The number of carbonyl (C=O) groups excluding carboxylic acids is 1. The number of rotatable bonds is 5. The average Bonchev–Trinajstić information content (AvgIpc) is 2.85. The normalized spacial score (nSPS) is 19.8. The summed E-state index contributed by atoms with van der Waals surface area (Å²) in [5, 5.41) is 3.78. The van der Waals surface area contributed by atoms with Crippen molar-refractivity contribution in [3.63, 3.8) is 0 Å². The summed E-state index contributed by atoms with van der Waals surface area (Å²) in [5.41, 5.74) is -0.739. The maximum atomic E-state index is 15.6. The van der Waals surface area contributed by atoms with Gasteiger partial charge in [0, 0.05) is 48.3 Å². The lowest BCUT2D eigenvalue weighted by atomic mass is 9.80. The number of hydrogen-bond donors (Lipinski definition) is 1. The molecule has 0 unspecified atom stereocenters. The van der Waals surface area contributed by atoms with E-state index < -0.39 is 23.7 Å². The molecule has 7 heteroatoms. The molecule has 0 saturated carbocycles. The number of ether oxygens (including phenoxy) is 1. The number of carbonyl (C=O) groups is 1. The first-order valence-electron chi connectivity index (χ1n) is 10.7. The van der Waals surface area contributed by atoms with E-state index in [1.54, 1.807) is 60.8 Å². The third-order valence-electron chi connectivity index (χ3n) is 5.91. The van der Waals surface area contributed by atoms with E-state index in [4.69, 9.17) is 4.74 Å². The molecule has 0 radical (unpaired) electrons. The summed E-state index contributed by atoms with van der Waals surface area (Å²) in [4.78, 5) is 22.6. The van der Waals surface area contributed by atoms with Gasteiger partial charge in [0.15, 0.2) is 0 Å². The van der Waals surface area contributed by atoms with Crippen LogP contribution in [0.15, 0.2) is 85.1 Å². The summed E-state index contributed by atoms with van der Waals surface area (Å²) in [5.74, 6) is -4.25. The van der Waals surface area contributed by atoms with Crippen LogP contribution in [-0.2, 0) is 0 Å². The van der Waals surface area contributed by atoms with Gasteiger partial charge in [-0.1, -0.05) is 48.5 Å². The number of pyridine rings is 2. The number of alkyl halides is 2. The lowest BCUT2D eigenvalue weighted by Crippen LogP contribution is -2.67. The van der Waals surface area contributed by atoms with E-state index in [1.165, 1.54) is 12.1 Å². The maximum Gasteiger partial charge on any atom is 0.296 e. The van der Waals surface area contributed by atoms with Crippen LogP contribution < -0.4 is 10.1 Å². The number of fused-ring (bicyclic) bond motifs is 1. The monoisotopic (exact) mass is 445 g/mol. The van der Waals surface area contributed by atoms with Gasteiger partial charge in [-0.05, 0) is 24.3 Å². The topological polar surface area (TPSA) is 64.1 Å². The summed E-state index contributed by atoms with van der Waals surface area (Å²) in [7, 11) is 0. The first kappa shape index (κ1) is 21.2. The standard InChI is InChI=1S/C26H21F2N3O2/c27-26(28)14-16-29-17-25(26,33-23-13-12-18-7-1-4-10-21(18)31-23)24(32)20-9-3-2-8-19(20)22-11-5-6-15-30-22/h1-13,15,29H,14,16-17H2/t25-/m0/s1. The van der Waals surface area contributed by atoms with Gasteiger partial charge >= 0.3 is 0 Å². The van der Waals surface area contributed by atoms with Crippen molar-refractivity contribution in [1.82, 2.24) is 15.3 Å². The molecule has 0 bridgehead atoms. The van der Waals surface area contributed by atoms with E-state index in [-0.39, 0.29) is 24.5 Å². The Bertz CT molecular complexity index is 1310. The van der Waals surface area contributed by atoms with Gasteiger partial charge in [0.05, 0.1) is 11.2 Å². The maximum absolute atomic E-state index is 15.6. The number of nitrogens with one attached hydrogen (secondary N) is 1. The van der Waals surface area contributed by atoms with E-state index in [9.17, 15) is 4.79 Å². The number of ketones is 1. The minimum atomic E-state index is -3.42. The number of hydrogen-bond acceptors (Lipinski definition) is 5. The molecule has 1 N–H and O–H groups in total. The number of Topliss-reactive ketones (excluding diaryl/α,β-unsaturated/α-hetero) is 1. The van der Waals surface area contributed by atoms with Crippen molar-refractivity contribution in [2.24, 2.45) is 0 Å². The highest BCUT2D eigenvalue weighted by Gasteiger charge is 2.63. The van der Waals surface area contributed by atoms with E-state index in [1.807, 2.05) is 12.1 Å². The zero-order valence-corrected chi connectivity index (χ0v) is 17.7. The fraction of sp³-hybridized carbons (Fsp3) is 0.192. The Balaban J connectivity index is 1.63. The molecule has 5 rings (SSSR count). The molecule has 2 aromatic carbocycles. The van der Waals surface area contributed by atoms with Crippen LogP contribution in [0, 0.1) is 0 Å². The lowest BCUT2D eigenvalue weighted by Gasteiger charge is -2.42. The van der Waals surface area contributed by atoms with E-state index in [0.29, 0.717) is 16.8 Å². The predicted molar refractivity (Wildman–Crippen MR) is 122 cm³/mol. The minimum absolute atomic E-state index is 0.0271. The Morgan fingerprint density at radius 1 is 0.939 bits per heavy atom. The smallest absolute Gasteiger partial charge is 0.296 e. The van der Waals surface area contributed by atoms with Crippen LogP contribution in [0.2, 0.25) is 0 Å². The third kappa shape index (κ3) is 3.74. The van der Waals surface area contributed by atoms with Crippen molar-refractivity contribution >= 4 is 16.7 Å². The van der Waals surface area contributed by atoms with E-state index >= 15 is 8.78 Å². The number of piperidine rings is 1. The Hall–Kier alpha value is -3.71. The Morgan fingerprint density at radius 2 is 1.73 bits per heavy atom. The summed E-state index contributed by atoms with van der Waals surface area (Å²) < 4.78 is 37.0. The molecule has 1 aliphatic rings. The SMILES string of the molecule is O=C(c1ccccc1-c1ccccn1)[C@@]1(Oc2ccc3ccccc3n2)CNCCC1(F)F. The predicted octanol–water partition coefficient (Wildman–Crippen LogP) is 4.93. The van der Waals surface area contributed by atoms with Gasteiger partial charge in [0.2, 0.25) is 17.3 Å². The van der Waals surface area contributed by atoms with Crippen molar-refractivity contribution in [1.29, 1.82) is 0 Å². The molecular formula is C26H21F2N3O2. The van der Waals surface area contributed by atoms with Crippen molar-refractivity contribution < 1.29 is 18.3 Å². The van der Waals surface area contributed by atoms with Gasteiger partial charge in [-0.2, -0.15) is 0 Å². The summed E-state index contributed by atoms with van der Waals surface area (Å²) in [6, 6.07) is 22.5. The molecular weight excluding hydrogens is 424 g/mol. The van der Waals surface area contributed by atoms with Crippen LogP contribution in [0.5, 0.6) is 5.88 Å². The van der Waals surface area contributed by atoms with Crippen molar-refractivity contribution in [2.45, 2.75) is 17.9 Å². The number of halogens is 2. The molecule has 4 aromatic rings. The van der Waals surface area contributed by atoms with Crippen LogP contribution >= 0.6 is 0 Å². The molecule has 2 aromatic heterocycles. The fourth-order valence-electron chi connectivity index (χ4n) is 4.17. The van der Waals surface area contributed by atoms with Gasteiger partial charge in [-0.3, -0.25) is 9.78 Å². The molecule has 0 spiro atoms. The summed E-state index contributed by atoms with van der Waals surface area (Å²) >= 11 is 0. The van der Waals surface area contributed by atoms with Gasteiger partial charge < -0.3 is 10.1 Å². The van der Waals surface area contributed by atoms with Crippen LogP contribution in [0.25, 0.3) is 22.2 Å². The van der Waals surface area contributed by atoms with Crippen LogP contribution in [0.1, 0.15) is 16.8 Å². The molecule has 33 heavy (non-hydrogen) atoms. The molecule has 0 amide bonds. The molecule has 166 valence electrons. The molecule has 1 saturated heterocycles. The molecule has 1 fully saturated rings. The highest BCUT2D eigenvalue weighted by Crippen LogP contribution is 2.41. The Kier molecular flexibility index (Phi) is 5.34. The minimum Gasteiger partial charge on any atom is -0.455 e. The first-order valence-corrected chi connectivity index (χ1v) is 10.7. The highest BCUT2D eigenvalue weighted by atomic mass is 19.3. The van der Waals surface area contributed by atoms with Gasteiger partial charge in [-0.15, -0.1) is 0 Å². The van der Waals surface area contributed by atoms with E-state index in [0.717, 1.165) is 5.39 Å². The quantitative estimate of drug-likeness (QED) is 0.442. The lowest BCUT2D eigenvalue weighted by molar-refractivity contribution is -0.155. The van der Waals surface area contributed by atoms with Crippen LogP contribution in [0.4, 0.5) is 8.78 Å². The van der Waals surface area contributed by atoms with Crippen LogP contribution in [-0.4, -0.2) is 40.4 Å².